The van der Waals surface area contributed by atoms with Gasteiger partial charge in [0.25, 0.3) is 0 Å². The number of hydrogen-bond acceptors (Lipinski definition) is 6. The molecule has 1 aliphatic heterocycles. The van der Waals surface area contributed by atoms with E-state index in [1.165, 1.54) is 12.1 Å². The van der Waals surface area contributed by atoms with E-state index in [9.17, 15) is 14.0 Å². The third kappa shape index (κ3) is 5.95. The number of carbonyl (C=O) groups excluding carboxylic acids is 2. The number of anilines is 1. The zero-order valence-corrected chi connectivity index (χ0v) is 18.1. The Morgan fingerprint density at radius 1 is 0.970 bits per heavy atom. The molecule has 3 aromatic rings. The van der Waals surface area contributed by atoms with Crippen molar-refractivity contribution in [1.29, 1.82) is 0 Å². The van der Waals surface area contributed by atoms with E-state index < -0.39 is 11.8 Å². The van der Waals surface area contributed by atoms with Crippen molar-refractivity contribution in [2.75, 3.05) is 37.6 Å². The second kappa shape index (κ2) is 10.7. The molecule has 1 fully saturated rings. The van der Waals surface area contributed by atoms with Gasteiger partial charge in [0, 0.05) is 44.6 Å². The average molecular weight is 452 g/mol. The molecule has 1 atom stereocenters. The summed E-state index contributed by atoms with van der Waals surface area (Å²) in [5.41, 5.74) is 1.65. The van der Waals surface area contributed by atoms with E-state index in [4.69, 9.17) is 4.42 Å². The highest BCUT2D eigenvalue weighted by atomic mass is 19.1. The molecule has 1 saturated heterocycles. The largest absolute Gasteiger partial charge is 0.468 e. The summed E-state index contributed by atoms with van der Waals surface area (Å²) in [6, 6.07) is 15.3. The average Bonchev–Trinajstić information content (AvgIpc) is 3.39. The molecular formula is C24H26FN5O3. The smallest absolute Gasteiger partial charge is 0.309 e. The molecule has 0 spiro atoms. The molecule has 1 aromatic carbocycles. The maximum atomic E-state index is 13.2. The Hall–Kier alpha value is -3.72. The Kier molecular flexibility index (Phi) is 7.31. The van der Waals surface area contributed by atoms with E-state index >= 15 is 0 Å². The number of hydrogen-bond donors (Lipinski definition) is 2. The molecule has 1 aliphatic rings. The summed E-state index contributed by atoms with van der Waals surface area (Å²) in [4.78, 5) is 33.1. The van der Waals surface area contributed by atoms with Crippen LogP contribution in [0.25, 0.3) is 0 Å². The van der Waals surface area contributed by atoms with Crippen LogP contribution in [0, 0.1) is 5.82 Å². The summed E-state index contributed by atoms with van der Waals surface area (Å²) in [7, 11) is 0. The number of nitrogens with zero attached hydrogens (tertiary/aromatic N) is 3. The number of benzene rings is 1. The third-order valence-corrected chi connectivity index (χ3v) is 5.64. The number of carbonyl (C=O) groups is 2. The van der Waals surface area contributed by atoms with Gasteiger partial charge >= 0.3 is 11.8 Å². The lowest BCUT2D eigenvalue weighted by Crippen LogP contribution is -2.50. The topological polar surface area (TPSA) is 90.7 Å². The minimum atomic E-state index is -0.708. The van der Waals surface area contributed by atoms with Crippen molar-refractivity contribution in [2.45, 2.75) is 12.6 Å². The fourth-order valence-corrected chi connectivity index (χ4v) is 3.86. The van der Waals surface area contributed by atoms with Gasteiger partial charge in [-0.3, -0.25) is 19.5 Å². The summed E-state index contributed by atoms with van der Waals surface area (Å²) in [6.45, 7) is 3.37. The maximum absolute atomic E-state index is 13.2. The summed E-state index contributed by atoms with van der Waals surface area (Å²) >= 11 is 0. The van der Waals surface area contributed by atoms with Gasteiger partial charge in [-0.25, -0.2) is 4.39 Å². The third-order valence-electron chi connectivity index (χ3n) is 5.64. The lowest BCUT2D eigenvalue weighted by molar-refractivity contribution is -0.139. The molecule has 4 rings (SSSR count). The monoisotopic (exact) mass is 451 g/mol. The highest BCUT2D eigenvalue weighted by molar-refractivity contribution is 6.35. The Morgan fingerprint density at radius 3 is 2.39 bits per heavy atom. The van der Waals surface area contributed by atoms with Gasteiger partial charge < -0.3 is 20.0 Å². The molecule has 2 amide bonds. The van der Waals surface area contributed by atoms with Gasteiger partial charge in [-0.05, 0) is 48.5 Å². The Balaban J connectivity index is 1.32. The van der Waals surface area contributed by atoms with E-state index in [-0.39, 0.29) is 24.9 Å². The summed E-state index contributed by atoms with van der Waals surface area (Å²) in [5.74, 6) is -0.943. The molecular weight excluding hydrogens is 425 g/mol. The molecule has 0 unspecified atom stereocenters. The number of nitrogens with one attached hydrogen (secondary N) is 2. The van der Waals surface area contributed by atoms with E-state index in [1.807, 2.05) is 12.1 Å². The van der Waals surface area contributed by atoms with Crippen molar-refractivity contribution < 1.29 is 18.4 Å². The molecule has 0 saturated carbocycles. The van der Waals surface area contributed by atoms with Crippen molar-refractivity contribution in [3.63, 3.8) is 0 Å². The molecule has 0 aliphatic carbocycles. The van der Waals surface area contributed by atoms with E-state index in [1.54, 1.807) is 42.8 Å². The van der Waals surface area contributed by atoms with Crippen molar-refractivity contribution in [1.82, 2.24) is 20.5 Å². The fourth-order valence-electron chi connectivity index (χ4n) is 3.86. The molecule has 8 nitrogen and oxygen atoms in total. The van der Waals surface area contributed by atoms with Crippen LogP contribution in [0.15, 0.2) is 71.5 Å². The second-order valence-corrected chi connectivity index (χ2v) is 7.74. The van der Waals surface area contributed by atoms with Crippen LogP contribution in [0.2, 0.25) is 0 Å². The number of amides is 2. The van der Waals surface area contributed by atoms with E-state index in [0.29, 0.717) is 5.69 Å². The van der Waals surface area contributed by atoms with Gasteiger partial charge in [0.15, 0.2) is 0 Å². The SMILES string of the molecule is O=C(NCc1ccccn1)C(=O)NC[C@@H](c1ccco1)N1CCN(c2ccc(F)cc2)CC1. The molecule has 0 radical (unpaired) electrons. The second-order valence-electron chi connectivity index (χ2n) is 7.74. The van der Waals surface area contributed by atoms with Gasteiger partial charge in [-0.1, -0.05) is 6.07 Å². The van der Waals surface area contributed by atoms with Crippen LogP contribution in [0.4, 0.5) is 10.1 Å². The van der Waals surface area contributed by atoms with Gasteiger partial charge in [0.1, 0.15) is 11.6 Å². The first-order chi connectivity index (χ1) is 16.1. The first-order valence-electron chi connectivity index (χ1n) is 10.8. The lowest BCUT2D eigenvalue weighted by atomic mass is 10.1. The summed E-state index contributed by atoms with van der Waals surface area (Å²) in [5, 5.41) is 5.31. The van der Waals surface area contributed by atoms with Crippen LogP contribution in [-0.2, 0) is 16.1 Å². The van der Waals surface area contributed by atoms with Gasteiger partial charge in [0.05, 0.1) is 24.5 Å². The van der Waals surface area contributed by atoms with Crippen molar-refractivity contribution >= 4 is 17.5 Å². The number of rotatable bonds is 7. The van der Waals surface area contributed by atoms with Gasteiger partial charge in [-0.15, -0.1) is 0 Å². The zero-order chi connectivity index (χ0) is 23.0. The number of halogens is 1. The van der Waals surface area contributed by atoms with Crippen LogP contribution in [0.5, 0.6) is 0 Å². The van der Waals surface area contributed by atoms with Crippen LogP contribution in [-0.4, -0.2) is 54.4 Å². The van der Waals surface area contributed by atoms with Crippen molar-refractivity contribution in [3.05, 3.63) is 84.3 Å². The zero-order valence-electron chi connectivity index (χ0n) is 18.1. The number of furan rings is 1. The van der Waals surface area contributed by atoms with Gasteiger partial charge in [-0.2, -0.15) is 0 Å². The normalized spacial score (nSPS) is 15.1. The number of pyridine rings is 1. The van der Waals surface area contributed by atoms with E-state index in [2.05, 4.69) is 25.4 Å². The lowest BCUT2D eigenvalue weighted by Gasteiger charge is -2.39. The van der Waals surface area contributed by atoms with E-state index in [0.717, 1.165) is 37.6 Å². The number of piperazine rings is 1. The first-order valence-corrected chi connectivity index (χ1v) is 10.8. The first kappa shape index (κ1) is 22.5. The van der Waals surface area contributed by atoms with Gasteiger partial charge in [0.2, 0.25) is 0 Å². The molecule has 9 heteroatoms. The molecule has 3 heterocycles. The quantitative estimate of drug-likeness (QED) is 0.535. The minimum Gasteiger partial charge on any atom is -0.468 e. The highest BCUT2D eigenvalue weighted by Gasteiger charge is 2.28. The summed E-state index contributed by atoms with van der Waals surface area (Å²) < 4.78 is 18.8. The molecule has 172 valence electrons. The fraction of sp³-hybridized carbons (Fsp3) is 0.292. The molecule has 0 bridgehead atoms. The summed E-state index contributed by atoms with van der Waals surface area (Å²) in [6.07, 6.45) is 3.23. The Morgan fingerprint density at radius 2 is 1.73 bits per heavy atom. The van der Waals surface area contributed by atoms with Crippen LogP contribution in [0.1, 0.15) is 17.5 Å². The number of aromatic nitrogens is 1. The van der Waals surface area contributed by atoms with Crippen LogP contribution < -0.4 is 15.5 Å². The highest BCUT2D eigenvalue weighted by Crippen LogP contribution is 2.24. The molecule has 2 aromatic heterocycles. The Labute approximate surface area is 191 Å². The molecule has 2 N–H and O–H groups in total. The standard InChI is InChI=1S/C24H26FN5O3/c25-18-6-8-20(9-7-18)29-11-13-30(14-12-29)21(22-5-3-15-33-22)17-28-24(32)23(31)27-16-19-4-1-2-10-26-19/h1-10,15,21H,11-14,16-17H2,(H,27,31)(H,28,32)/t21-/m0/s1. The van der Waals surface area contributed by atoms with Crippen LogP contribution in [0.3, 0.4) is 0 Å². The maximum Gasteiger partial charge on any atom is 0.309 e. The van der Waals surface area contributed by atoms with Crippen molar-refractivity contribution in [2.24, 2.45) is 0 Å². The predicted molar refractivity (Wildman–Crippen MR) is 121 cm³/mol. The minimum absolute atomic E-state index is 0.181. The predicted octanol–water partition coefficient (Wildman–Crippen LogP) is 2.11. The molecule has 33 heavy (non-hydrogen) atoms. The Bertz CT molecular complexity index is 1040. The van der Waals surface area contributed by atoms with Crippen molar-refractivity contribution in [3.8, 4) is 0 Å². The van der Waals surface area contributed by atoms with Crippen LogP contribution >= 0.6 is 0 Å².